The SMILES string of the molecule is C=C(O)C(C)C1C(CCC(C)=O)N1C. The number of aliphatic hydroxyl groups excluding tert-OH is 1. The number of rotatable bonds is 5. The maximum Gasteiger partial charge on any atom is 0.129 e. The average Bonchev–Trinajstić information content (AvgIpc) is 2.71. The Kier molecular flexibility index (Phi) is 3.32. The van der Waals surface area contributed by atoms with E-state index in [2.05, 4.69) is 11.5 Å². The van der Waals surface area contributed by atoms with E-state index in [0.29, 0.717) is 18.5 Å². The fourth-order valence-electron chi connectivity index (χ4n) is 2.04. The lowest BCUT2D eigenvalue weighted by molar-refractivity contribution is -0.117. The van der Waals surface area contributed by atoms with Crippen LogP contribution in [0.15, 0.2) is 12.3 Å². The third-order valence-corrected chi connectivity index (χ3v) is 3.13. The van der Waals surface area contributed by atoms with Crippen molar-refractivity contribution in [3.05, 3.63) is 12.3 Å². The van der Waals surface area contributed by atoms with Crippen LogP contribution in [0.4, 0.5) is 0 Å². The summed E-state index contributed by atoms with van der Waals surface area (Å²) in [7, 11) is 2.02. The standard InChI is InChI=1S/C11H19NO2/c1-7(13)5-6-10-11(12(10)4)8(2)9(3)14/h8,10-11,14H,3,5-6H2,1-2,4H3. The summed E-state index contributed by atoms with van der Waals surface area (Å²) < 4.78 is 0. The molecule has 14 heavy (non-hydrogen) atoms. The first-order chi connectivity index (χ1) is 6.45. The van der Waals surface area contributed by atoms with E-state index >= 15 is 0 Å². The Hall–Kier alpha value is -0.830. The van der Waals surface area contributed by atoms with Gasteiger partial charge in [0.2, 0.25) is 0 Å². The molecule has 0 aromatic rings. The minimum Gasteiger partial charge on any atom is -0.513 e. The molecule has 1 rings (SSSR count). The van der Waals surface area contributed by atoms with Crippen molar-refractivity contribution in [2.75, 3.05) is 7.05 Å². The molecule has 4 atom stereocenters. The quantitative estimate of drug-likeness (QED) is 0.539. The highest BCUT2D eigenvalue weighted by atomic mass is 16.3. The van der Waals surface area contributed by atoms with Crippen LogP contribution in [0.25, 0.3) is 0 Å². The van der Waals surface area contributed by atoms with Crippen molar-refractivity contribution in [1.82, 2.24) is 4.90 Å². The number of hydrogen-bond acceptors (Lipinski definition) is 3. The molecule has 0 aliphatic carbocycles. The van der Waals surface area contributed by atoms with Crippen LogP contribution in [-0.4, -0.2) is 34.9 Å². The summed E-state index contributed by atoms with van der Waals surface area (Å²) in [5.74, 6) is 0.587. The summed E-state index contributed by atoms with van der Waals surface area (Å²) in [5, 5.41) is 9.26. The van der Waals surface area contributed by atoms with Crippen molar-refractivity contribution in [1.29, 1.82) is 0 Å². The fraction of sp³-hybridized carbons (Fsp3) is 0.727. The van der Waals surface area contributed by atoms with Crippen LogP contribution < -0.4 is 0 Å². The Bertz CT molecular complexity index is 250. The van der Waals surface area contributed by atoms with Gasteiger partial charge in [0, 0.05) is 24.4 Å². The molecule has 1 aliphatic heterocycles. The highest BCUT2D eigenvalue weighted by Crippen LogP contribution is 2.37. The molecule has 4 unspecified atom stereocenters. The summed E-state index contributed by atoms with van der Waals surface area (Å²) in [6, 6.07) is 0.810. The highest BCUT2D eigenvalue weighted by Gasteiger charge is 2.47. The molecule has 0 bridgehead atoms. The van der Waals surface area contributed by atoms with E-state index in [0.717, 1.165) is 6.42 Å². The predicted molar refractivity (Wildman–Crippen MR) is 56.2 cm³/mol. The molecule has 3 nitrogen and oxygen atoms in total. The Balaban J connectivity index is 2.38. The third-order valence-electron chi connectivity index (χ3n) is 3.13. The first-order valence-corrected chi connectivity index (χ1v) is 5.04. The zero-order chi connectivity index (χ0) is 10.9. The van der Waals surface area contributed by atoms with Gasteiger partial charge in [-0.15, -0.1) is 0 Å². The average molecular weight is 197 g/mol. The van der Waals surface area contributed by atoms with E-state index in [-0.39, 0.29) is 17.5 Å². The van der Waals surface area contributed by atoms with Gasteiger partial charge < -0.3 is 9.90 Å². The topological polar surface area (TPSA) is 40.3 Å². The van der Waals surface area contributed by atoms with Gasteiger partial charge in [-0.25, -0.2) is 0 Å². The second-order valence-corrected chi connectivity index (χ2v) is 4.24. The largest absolute Gasteiger partial charge is 0.513 e. The number of aliphatic hydroxyl groups is 1. The molecular formula is C11H19NO2. The van der Waals surface area contributed by atoms with Crippen LogP contribution in [-0.2, 0) is 4.79 Å². The number of ketones is 1. The molecule has 0 saturated carbocycles. The molecule has 0 spiro atoms. The van der Waals surface area contributed by atoms with E-state index in [1.54, 1.807) is 6.92 Å². The maximum absolute atomic E-state index is 10.8. The van der Waals surface area contributed by atoms with E-state index in [1.807, 2.05) is 14.0 Å². The summed E-state index contributed by atoms with van der Waals surface area (Å²) >= 11 is 0. The van der Waals surface area contributed by atoms with Crippen molar-refractivity contribution in [3.8, 4) is 0 Å². The molecule has 0 aromatic heterocycles. The molecule has 0 amide bonds. The Morgan fingerprint density at radius 3 is 2.64 bits per heavy atom. The summed E-state index contributed by atoms with van der Waals surface area (Å²) in [5.41, 5.74) is 0. The smallest absolute Gasteiger partial charge is 0.129 e. The predicted octanol–water partition coefficient (Wildman–Crippen LogP) is 1.75. The lowest BCUT2D eigenvalue weighted by Crippen LogP contribution is -2.10. The zero-order valence-corrected chi connectivity index (χ0v) is 9.16. The first kappa shape index (κ1) is 11.2. The first-order valence-electron chi connectivity index (χ1n) is 5.04. The number of hydrogen-bond donors (Lipinski definition) is 1. The number of nitrogens with zero attached hydrogens (tertiary/aromatic N) is 1. The second kappa shape index (κ2) is 4.13. The summed E-state index contributed by atoms with van der Waals surface area (Å²) in [6.45, 7) is 7.13. The third kappa shape index (κ3) is 2.35. The van der Waals surface area contributed by atoms with Crippen LogP contribution in [0.5, 0.6) is 0 Å². The molecule has 1 aliphatic rings. The molecule has 1 fully saturated rings. The van der Waals surface area contributed by atoms with E-state index in [4.69, 9.17) is 0 Å². The van der Waals surface area contributed by atoms with E-state index in [9.17, 15) is 9.90 Å². The number of carbonyl (C=O) groups is 1. The normalized spacial score (nSPS) is 32.4. The van der Waals surface area contributed by atoms with Gasteiger partial charge in [0.1, 0.15) is 5.78 Å². The molecule has 1 heterocycles. The lowest BCUT2D eigenvalue weighted by Gasteiger charge is -2.07. The molecule has 1 N–H and O–H groups in total. The van der Waals surface area contributed by atoms with Crippen molar-refractivity contribution in [2.45, 2.75) is 38.8 Å². The summed E-state index contributed by atoms with van der Waals surface area (Å²) in [4.78, 5) is 13.0. The van der Waals surface area contributed by atoms with Crippen LogP contribution in [0.1, 0.15) is 26.7 Å². The van der Waals surface area contributed by atoms with Crippen LogP contribution in [0, 0.1) is 5.92 Å². The van der Waals surface area contributed by atoms with Gasteiger partial charge in [-0.05, 0) is 20.4 Å². The van der Waals surface area contributed by atoms with Gasteiger partial charge in [-0.3, -0.25) is 4.90 Å². The zero-order valence-electron chi connectivity index (χ0n) is 9.16. The van der Waals surface area contributed by atoms with Crippen LogP contribution in [0.2, 0.25) is 0 Å². The Morgan fingerprint density at radius 2 is 2.21 bits per heavy atom. The second-order valence-electron chi connectivity index (χ2n) is 4.24. The Morgan fingerprint density at radius 1 is 1.64 bits per heavy atom. The van der Waals surface area contributed by atoms with Gasteiger partial charge in [0.05, 0.1) is 5.76 Å². The maximum atomic E-state index is 10.8. The number of Topliss-reactive ketones (excluding diaryl/α,β-unsaturated/α-hetero) is 1. The van der Waals surface area contributed by atoms with E-state index < -0.39 is 0 Å². The molecule has 80 valence electrons. The van der Waals surface area contributed by atoms with Crippen molar-refractivity contribution >= 4 is 5.78 Å². The minimum atomic E-state index is 0.108. The molecule has 0 radical (unpaired) electrons. The number of carbonyl (C=O) groups excluding carboxylic acids is 1. The molecule has 0 aromatic carbocycles. The highest BCUT2D eigenvalue weighted by molar-refractivity contribution is 5.75. The van der Waals surface area contributed by atoms with E-state index in [1.165, 1.54) is 0 Å². The van der Waals surface area contributed by atoms with Gasteiger partial charge in [0.25, 0.3) is 0 Å². The monoisotopic (exact) mass is 197 g/mol. The van der Waals surface area contributed by atoms with Crippen molar-refractivity contribution < 1.29 is 9.90 Å². The number of likely N-dealkylation sites (N-methyl/N-ethyl adjacent to an activating group) is 1. The fourth-order valence-corrected chi connectivity index (χ4v) is 2.04. The minimum absolute atomic E-state index is 0.108. The Labute approximate surface area is 85.4 Å². The molecule has 3 heteroatoms. The van der Waals surface area contributed by atoms with Gasteiger partial charge in [-0.2, -0.15) is 0 Å². The van der Waals surface area contributed by atoms with Crippen LogP contribution in [0.3, 0.4) is 0 Å². The van der Waals surface area contributed by atoms with Gasteiger partial charge in [0.15, 0.2) is 0 Å². The van der Waals surface area contributed by atoms with Crippen molar-refractivity contribution in [2.24, 2.45) is 5.92 Å². The summed E-state index contributed by atoms with van der Waals surface area (Å²) in [6.07, 6.45) is 1.53. The molecule has 1 saturated heterocycles. The van der Waals surface area contributed by atoms with Crippen LogP contribution >= 0.6 is 0 Å². The lowest BCUT2D eigenvalue weighted by atomic mass is 10.0. The van der Waals surface area contributed by atoms with Gasteiger partial charge in [-0.1, -0.05) is 13.5 Å². The van der Waals surface area contributed by atoms with Gasteiger partial charge >= 0.3 is 0 Å². The van der Waals surface area contributed by atoms with Crippen molar-refractivity contribution in [3.63, 3.8) is 0 Å². The molecular weight excluding hydrogens is 178 g/mol.